The average molecular weight is 238 g/mol. The van der Waals surface area contributed by atoms with Crippen molar-refractivity contribution in [1.29, 1.82) is 0 Å². The molecule has 3 atom stereocenters. The highest BCUT2D eigenvalue weighted by molar-refractivity contribution is 5.87. The molecule has 0 saturated heterocycles. The molecule has 0 aromatic heterocycles. The van der Waals surface area contributed by atoms with Crippen LogP contribution in [0.25, 0.3) is 0 Å². The van der Waals surface area contributed by atoms with Crippen LogP contribution in [0.1, 0.15) is 51.9 Å². The van der Waals surface area contributed by atoms with E-state index >= 15 is 0 Å². The number of hydrogen-bond acceptors (Lipinski definition) is 3. The Balaban J connectivity index is 1.52. The third-order valence-electron chi connectivity index (χ3n) is 4.35. The Morgan fingerprint density at radius 2 is 2.12 bits per heavy atom. The minimum atomic E-state index is -0.184. The van der Waals surface area contributed by atoms with Crippen molar-refractivity contribution >= 4 is 11.8 Å². The largest absolute Gasteiger partial charge is 0.466 e. The molecule has 0 aliphatic heterocycles. The average Bonchev–Trinajstić information content (AvgIpc) is 2.59. The molecule has 0 N–H and O–H groups in total. The molecule has 3 unspecified atom stereocenters. The molecule has 3 nitrogen and oxygen atoms in total. The fourth-order valence-corrected chi connectivity index (χ4v) is 3.34. The lowest BCUT2D eigenvalue weighted by atomic mass is 9.70. The van der Waals surface area contributed by atoms with Crippen molar-refractivity contribution in [3.63, 3.8) is 0 Å². The van der Waals surface area contributed by atoms with Crippen LogP contribution in [-0.2, 0) is 14.3 Å². The van der Waals surface area contributed by atoms with Gasteiger partial charge in [-0.15, -0.1) is 0 Å². The number of unbranched alkanes of at least 4 members (excludes halogenated alkanes) is 2. The van der Waals surface area contributed by atoms with Gasteiger partial charge < -0.3 is 4.74 Å². The van der Waals surface area contributed by atoms with Crippen LogP contribution < -0.4 is 0 Å². The first kappa shape index (κ1) is 12.6. The quantitative estimate of drug-likeness (QED) is 0.528. The predicted molar refractivity (Wildman–Crippen MR) is 64.4 cm³/mol. The zero-order chi connectivity index (χ0) is 12.3. The first-order valence-corrected chi connectivity index (χ1v) is 6.84. The van der Waals surface area contributed by atoms with Crippen molar-refractivity contribution in [3.05, 3.63) is 0 Å². The Bertz CT molecular complexity index is 298. The summed E-state index contributed by atoms with van der Waals surface area (Å²) in [6.45, 7) is 2.01. The molecule has 2 saturated carbocycles. The van der Waals surface area contributed by atoms with E-state index < -0.39 is 0 Å². The summed E-state index contributed by atoms with van der Waals surface area (Å²) >= 11 is 0. The molecule has 2 fully saturated rings. The molecule has 0 aromatic carbocycles. The molecule has 0 heterocycles. The highest BCUT2D eigenvalue weighted by atomic mass is 16.5. The summed E-state index contributed by atoms with van der Waals surface area (Å²) in [6.07, 6.45) is 7.82. The van der Waals surface area contributed by atoms with E-state index in [1.165, 1.54) is 26.2 Å². The van der Waals surface area contributed by atoms with E-state index in [1.807, 2.05) is 0 Å². The number of fused-ring (bicyclic) bond motifs is 1. The van der Waals surface area contributed by atoms with E-state index in [0.717, 1.165) is 37.5 Å². The lowest BCUT2D eigenvalue weighted by Gasteiger charge is -2.32. The number of ether oxygens (including phenoxy) is 1. The topological polar surface area (TPSA) is 43.4 Å². The number of Topliss-reactive ketones (excluding diaryl/α,β-unsaturated/α-hetero) is 1. The summed E-state index contributed by atoms with van der Waals surface area (Å²) in [5.41, 5.74) is 0. The number of carbonyl (C=O) groups excluding carboxylic acids is 2. The van der Waals surface area contributed by atoms with E-state index in [1.54, 1.807) is 0 Å². The van der Waals surface area contributed by atoms with Crippen LogP contribution in [-0.4, -0.2) is 18.4 Å². The Kier molecular flexibility index (Phi) is 4.19. The highest BCUT2D eigenvalue weighted by Crippen LogP contribution is 2.49. The molecule has 2 rings (SSSR count). The SMILES string of the molecule is CC(=O)OCCCCCC1CCC2C(=O)CC12. The molecule has 2 aliphatic carbocycles. The summed E-state index contributed by atoms with van der Waals surface area (Å²) in [7, 11) is 0. The molecular formula is C14H22O3. The second kappa shape index (κ2) is 5.65. The van der Waals surface area contributed by atoms with Gasteiger partial charge in [-0.25, -0.2) is 0 Å². The summed E-state index contributed by atoms with van der Waals surface area (Å²) in [4.78, 5) is 21.8. The van der Waals surface area contributed by atoms with Crippen LogP contribution in [0, 0.1) is 17.8 Å². The standard InChI is InChI=1S/C14H22O3/c1-10(15)17-8-4-2-3-5-11-6-7-12-13(11)9-14(12)16/h11-13H,2-9H2,1H3. The molecule has 2 aliphatic rings. The Morgan fingerprint density at radius 1 is 1.29 bits per heavy atom. The highest BCUT2D eigenvalue weighted by Gasteiger charge is 2.47. The number of carbonyl (C=O) groups is 2. The van der Waals surface area contributed by atoms with Gasteiger partial charge in [0.15, 0.2) is 0 Å². The van der Waals surface area contributed by atoms with Gasteiger partial charge in [0.25, 0.3) is 0 Å². The van der Waals surface area contributed by atoms with Gasteiger partial charge >= 0.3 is 5.97 Å². The number of ketones is 1. The molecule has 0 bridgehead atoms. The fourth-order valence-electron chi connectivity index (χ4n) is 3.34. The van der Waals surface area contributed by atoms with Gasteiger partial charge in [0.05, 0.1) is 6.61 Å². The smallest absolute Gasteiger partial charge is 0.302 e. The van der Waals surface area contributed by atoms with Crippen LogP contribution in [0.15, 0.2) is 0 Å². The van der Waals surface area contributed by atoms with Gasteiger partial charge in [-0.3, -0.25) is 9.59 Å². The van der Waals surface area contributed by atoms with Crippen LogP contribution in [0.3, 0.4) is 0 Å². The van der Waals surface area contributed by atoms with Crippen molar-refractivity contribution in [2.24, 2.45) is 17.8 Å². The minimum absolute atomic E-state index is 0.184. The van der Waals surface area contributed by atoms with E-state index in [4.69, 9.17) is 4.74 Å². The molecule has 0 aromatic rings. The lowest BCUT2D eigenvalue weighted by molar-refractivity contribution is -0.141. The first-order chi connectivity index (χ1) is 8.18. The normalized spacial score (nSPS) is 30.9. The second-order valence-electron chi connectivity index (χ2n) is 5.47. The molecule has 0 radical (unpaired) electrons. The Morgan fingerprint density at radius 3 is 2.76 bits per heavy atom. The fraction of sp³-hybridized carbons (Fsp3) is 0.857. The number of esters is 1. The lowest BCUT2D eigenvalue weighted by Crippen LogP contribution is -2.35. The first-order valence-electron chi connectivity index (χ1n) is 6.84. The van der Waals surface area contributed by atoms with Crippen LogP contribution in [0.5, 0.6) is 0 Å². The van der Waals surface area contributed by atoms with Crippen LogP contribution in [0.2, 0.25) is 0 Å². The van der Waals surface area contributed by atoms with Gasteiger partial charge in [-0.2, -0.15) is 0 Å². The zero-order valence-electron chi connectivity index (χ0n) is 10.6. The Hall–Kier alpha value is -0.860. The van der Waals surface area contributed by atoms with Crippen LogP contribution >= 0.6 is 0 Å². The molecule has 0 amide bonds. The third kappa shape index (κ3) is 3.08. The van der Waals surface area contributed by atoms with Gasteiger partial charge in [-0.1, -0.05) is 19.3 Å². The van der Waals surface area contributed by atoms with E-state index in [2.05, 4.69) is 0 Å². The predicted octanol–water partition coefficient (Wildman–Crippen LogP) is 2.73. The van der Waals surface area contributed by atoms with E-state index in [9.17, 15) is 9.59 Å². The summed E-state index contributed by atoms with van der Waals surface area (Å²) < 4.78 is 4.89. The van der Waals surface area contributed by atoms with Crippen molar-refractivity contribution < 1.29 is 14.3 Å². The van der Waals surface area contributed by atoms with Crippen LogP contribution in [0.4, 0.5) is 0 Å². The summed E-state index contributed by atoms with van der Waals surface area (Å²) in [5, 5.41) is 0. The van der Waals surface area contributed by atoms with Gasteiger partial charge in [-0.05, 0) is 31.1 Å². The van der Waals surface area contributed by atoms with Crippen molar-refractivity contribution in [3.8, 4) is 0 Å². The molecule has 3 heteroatoms. The van der Waals surface area contributed by atoms with Gasteiger partial charge in [0.2, 0.25) is 0 Å². The number of rotatable bonds is 6. The van der Waals surface area contributed by atoms with E-state index in [0.29, 0.717) is 18.3 Å². The molecule has 0 spiro atoms. The molecule has 96 valence electrons. The zero-order valence-corrected chi connectivity index (χ0v) is 10.6. The summed E-state index contributed by atoms with van der Waals surface area (Å²) in [5.74, 6) is 2.27. The van der Waals surface area contributed by atoms with Crippen molar-refractivity contribution in [2.45, 2.75) is 51.9 Å². The third-order valence-corrected chi connectivity index (χ3v) is 4.35. The minimum Gasteiger partial charge on any atom is -0.466 e. The maximum absolute atomic E-state index is 11.3. The Labute approximate surface area is 103 Å². The second-order valence-corrected chi connectivity index (χ2v) is 5.47. The monoisotopic (exact) mass is 238 g/mol. The maximum atomic E-state index is 11.3. The van der Waals surface area contributed by atoms with E-state index in [-0.39, 0.29) is 5.97 Å². The molecule has 17 heavy (non-hydrogen) atoms. The van der Waals surface area contributed by atoms with Crippen molar-refractivity contribution in [1.82, 2.24) is 0 Å². The maximum Gasteiger partial charge on any atom is 0.302 e. The summed E-state index contributed by atoms with van der Waals surface area (Å²) in [6, 6.07) is 0. The molecular weight excluding hydrogens is 216 g/mol. The van der Waals surface area contributed by atoms with Crippen molar-refractivity contribution in [2.75, 3.05) is 6.61 Å². The number of hydrogen-bond donors (Lipinski definition) is 0. The van der Waals surface area contributed by atoms with Gasteiger partial charge in [0, 0.05) is 19.3 Å². The van der Waals surface area contributed by atoms with Gasteiger partial charge in [0.1, 0.15) is 5.78 Å².